The number of morpholine rings is 1. The summed E-state index contributed by atoms with van der Waals surface area (Å²) in [5, 5.41) is 3.12. The molecule has 2 N–H and O–H groups in total. The van der Waals surface area contributed by atoms with Crippen molar-refractivity contribution in [2.24, 2.45) is 0 Å². The highest BCUT2D eigenvalue weighted by molar-refractivity contribution is 9.10. The van der Waals surface area contributed by atoms with Gasteiger partial charge in [-0.2, -0.15) is 0 Å². The van der Waals surface area contributed by atoms with Crippen LogP contribution in [0.3, 0.4) is 0 Å². The lowest BCUT2D eigenvalue weighted by molar-refractivity contribution is 0.122. The van der Waals surface area contributed by atoms with Crippen molar-refractivity contribution in [1.29, 1.82) is 0 Å². The van der Waals surface area contributed by atoms with Crippen molar-refractivity contribution >= 4 is 39.3 Å². The molecule has 6 rings (SSSR count). The van der Waals surface area contributed by atoms with E-state index in [1.54, 1.807) is 12.4 Å². The molecule has 0 unspecified atom stereocenters. The summed E-state index contributed by atoms with van der Waals surface area (Å²) in [5.74, 6) is 2.71. The molecule has 3 aromatic heterocycles. The van der Waals surface area contributed by atoms with Crippen LogP contribution in [0.1, 0.15) is 11.3 Å². The summed E-state index contributed by atoms with van der Waals surface area (Å²) in [4.78, 5) is 42.0. The van der Waals surface area contributed by atoms with Crippen LogP contribution < -0.4 is 20.7 Å². The summed E-state index contributed by atoms with van der Waals surface area (Å²) in [5.41, 5.74) is 3.61. The number of nitrogens with zero attached hydrogens (tertiary/aromatic N) is 7. The lowest BCUT2D eigenvalue weighted by Crippen LogP contribution is -2.39. The van der Waals surface area contributed by atoms with Crippen LogP contribution in [0.5, 0.6) is 0 Å². The Kier molecular flexibility index (Phi) is 6.49. The Bertz CT molecular complexity index is 1460. The van der Waals surface area contributed by atoms with Crippen LogP contribution in [-0.4, -0.2) is 62.8 Å². The fraction of sp³-hybridized carbons (Fsp3) is 0.280. The minimum absolute atomic E-state index is 0.242. The molecule has 2 aliphatic rings. The van der Waals surface area contributed by atoms with Gasteiger partial charge in [0.1, 0.15) is 10.4 Å². The van der Waals surface area contributed by atoms with Crippen molar-refractivity contribution in [2.75, 3.05) is 48.0 Å². The number of rotatable bonds is 5. The number of hydrogen-bond donors (Lipinski definition) is 2. The van der Waals surface area contributed by atoms with Gasteiger partial charge in [-0.1, -0.05) is 0 Å². The second-order valence-corrected chi connectivity index (χ2v) is 9.55. The maximum absolute atomic E-state index is 11.7. The molecule has 37 heavy (non-hydrogen) atoms. The maximum atomic E-state index is 11.7. The monoisotopic (exact) mass is 561 g/mol. The predicted octanol–water partition coefficient (Wildman–Crippen LogP) is 2.92. The molecule has 11 nitrogen and oxygen atoms in total. The van der Waals surface area contributed by atoms with Gasteiger partial charge in [0.25, 0.3) is 5.56 Å². The van der Waals surface area contributed by atoms with Crippen LogP contribution in [-0.2, 0) is 17.7 Å². The van der Waals surface area contributed by atoms with Crippen molar-refractivity contribution in [1.82, 2.24) is 29.9 Å². The molecule has 1 fully saturated rings. The van der Waals surface area contributed by atoms with Crippen LogP contribution in [0.15, 0.2) is 58.2 Å². The number of nitrogens with one attached hydrogen (secondary N) is 2. The summed E-state index contributed by atoms with van der Waals surface area (Å²) in [6.07, 6.45) is 4.34. The molecule has 0 bridgehead atoms. The van der Waals surface area contributed by atoms with Crippen LogP contribution in [0, 0.1) is 0 Å². The summed E-state index contributed by atoms with van der Waals surface area (Å²) in [6.45, 7) is 4.40. The number of hydrogen-bond acceptors (Lipinski definition) is 10. The van der Waals surface area contributed by atoms with Gasteiger partial charge in [0, 0.05) is 54.9 Å². The molecular formula is C25H24BrN9O2. The Labute approximate surface area is 221 Å². The Hall–Kier alpha value is -3.90. The van der Waals surface area contributed by atoms with Crippen LogP contribution in [0.2, 0.25) is 0 Å². The number of H-pyrrole nitrogens is 1. The van der Waals surface area contributed by atoms with Crippen molar-refractivity contribution in [3.05, 3.63) is 75.0 Å². The van der Waals surface area contributed by atoms with E-state index in [9.17, 15) is 4.79 Å². The van der Waals surface area contributed by atoms with E-state index in [1.165, 1.54) is 11.6 Å². The van der Waals surface area contributed by atoms with E-state index >= 15 is 0 Å². The molecule has 188 valence electrons. The van der Waals surface area contributed by atoms with E-state index in [0.29, 0.717) is 42.1 Å². The molecule has 0 radical (unpaired) electrons. The number of fused-ring (bicyclic) bond motifs is 1. The fourth-order valence-corrected chi connectivity index (χ4v) is 4.91. The van der Waals surface area contributed by atoms with Crippen molar-refractivity contribution in [3.8, 4) is 11.4 Å². The van der Waals surface area contributed by atoms with Gasteiger partial charge in [-0.15, -0.1) is 0 Å². The van der Waals surface area contributed by atoms with E-state index in [0.717, 1.165) is 48.8 Å². The Morgan fingerprint density at radius 2 is 1.76 bits per heavy atom. The van der Waals surface area contributed by atoms with E-state index < -0.39 is 0 Å². The molecule has 0 aliphatic carbocycles. The Balaban J connectivity index is 1.32. The first-order valence-corrected chi connectivity index (χ1v) is 12.8. The molecule has 0 saturated carbocycles. The molecule has 2 aliphatic heterocycles. The highest BCUT2D eigenvalue weighted by Gasteiger charge is 2.27. The van der Waals surface area contributed by atoms with Gasteiger partial charge in [-0.25, -0.2) is 24.9 Å². The minimum atomic E-state index is -0.242. The number of aromatic amines is 1. The van der Waals surface area contributed by atoms with Gasteiger partial charge in [0.05, 0.1) is 25.5 Å². The molecule has 5 heterocycles. The van der Waals surface area contributed by atoms with Gasteiger partial charge in [-0.05, 0) is 52.7 Å². The predicted molar refractivity (Wildman–Crippen MR) is 143 cm³/mol. The van der Waals surface area contributed by atoms with Crippen molar-refractivity contribution < 1.29 is 4.74 Å². The third kappa shape index (κ3) is 5.16. The van der Waals surface area contributed by atoms with Gasteiger partial charge in [0.2, 0.25) is 11.9 Å². The maximum Gasteiger partial charge on any atom is 0.253 e. The first-order chi connectivity index (χ1) is 18.1. The topological polar surface area (TPSA) is 125 Å². The summed E-state index contributed by atoms with van der Waals surface area (Å²) in [7, 11) is 0. The van der Waals surface area contributed by atoms with Gasteiger partial charge < -0.3 is 19.9 Å². The zero-order valence-electron chi connectivity index (χ0n) is 19.9. The minimum Gasteiger partial charge on any atom is -0.378 e. The average Bonchev–Trinajstić information content (AvgIpc) is 2.93. The third-order valence-electron chi connectivity index (χ3n) is 6.31. The smallest absolute Gasteiger partial charge is 0.253 e. The quantitative estimate of drug-likeness (QED) is 0.351. The molecular weight excluding hydrogens is 538 g/mol. The van der Waals surface area contributed by atoms with Gasteiger partial charge >= 0.3 is 0 Å². The molecule has 0 amide bonds. The third-order valence-corrected chi connectivity index (χ3v) is 6.71. The lowest BCUT2D eigenvalue weighted by atomic mass is 10.0. The molecule has 1 aromatic carbocycles. The van der Waals surface area contributed by atoms with Gasteiger partial charge in [-0.3, -0.25) is 9.78 Å². The van der Waals surface area contributed by atoms with Crippen LogP contribution in [0.4, 0.5) is 23.4 Å². The van der Waals surface area contributed by atoms with E-state index in [1.807, 2.05) is 30.3 Å². The van der Waals surface area contributed by atoms with E-state index in [2.05, 4.69) is 51.0 Å². The van der Waals surface area contributed by atoms with Gasteiger partial charge in [0.15, 0.2) is 5.82 Å². The summed E-state index contributed by atoms with van der Waals surface area (Å²) >= 11 is 3.25. The fourth-order valence-electron chi connectivity index (χ4n) is 4.53. The molecule has 4 aromatic rings. The number of anilines is 4. The summed E-state index contributed by atoms with van der Waals surface area (Å²) in [6, 6.07) is 10.9. The highest BCUT2D eigenvalue weighted by Crippen LogP contribution is 2.31. The Morgan fingerprint density at radius 1 is 0.973 bits per heavy atom. The number of ether oxygens (including phenoxy) is 1. The van der Waals surface area contributed by atoms with Crippen molar-refractivity contribution in [3.63, 3.8) is 0 Å². The normalized spacial score (nSPS) is 15.4. The summed E-state index contributed by atoms with van der Waals surface area (Å²) < 4.78 is 6.05. The average molecular weight is 562 g/mol. The molecule has 0 spiro atoms. The second kappa shape index (κ2) is 10.2. The number of aromatic nitrogens is 6. The highest BCUT2D eigenvalue weighted by atomic mass is 79.9. The van der Waals surface area contributed by atoms with E-state index in [-0.39, 0.29) is 5.56 Å². The first-order valence-electron chi connectivity index (χ1n) is 12.0. The number of benzene rings is 1. The molecule has 0 atom stereocenters. The molecule has 12 heteroatoms. The standard InChI is InChI=1S/C25H24BrN9O2/c26-20-14-21(36)32-24(31-20)29-17-4-2-16(3-5-17)22-30-19-15-35(25-27-7-1-8-28-25)9-6-18(19)23(33-22)34-10-12-37-13-11-34/h1-5,7-8,14H,6,9-13,15H2,(H2,29,31,32,36). The van der Waals surface area contributed by atoms with Crippen LogP contribution >= 0.6 is 15.9 Å². The zero-order chi connectivity index (χ0) is 25.2. The van der Waals surface area contributed by atoms with Crippen molar-refractivity contribution in [2.45, 2.75) is 13.0 Å². The first kappa shape index (κ1) is 23.5. The lowest BCUT2D eigenvalue weighted by Gasteiger charge is -2.34. The zero-order valence-corrected chi connectivity index (χ0v) is 21.5. The second-order valence-electron chi connectivity index (χ2n) is 8.73. The largest absolute Gasteiger partial charge is 0.378 e. The van der Waals surface area contributed by atoms with E-state index in [4.69, 9.17) is 14.7 Å². The molecule has 1 saturated heterocycles. The number of halogens is 1. The SMILES string of the molecule is O=c1cc(Br)nc(Nc2ccc(-c3nc4c(c(N5CCOCC5)n3)CCN(c3ncccn3)C4)cc2)[nH]1. The van der Waals surface area contributed by atoms with Crippen LogP contribution in [0.25, 0.3) is 11.4 Å². The Morgan fingerprint density at radius 3 is 2.51 bits per heavy atom.